The quantitative estimate of drug-likeness (QED) is 0.460. The van der Waals surface area contributed by atoms with Crippen molar-refractivity contribution in [2.24, 2.45) is 0 Å². The predicted molar refractivity (Wildman–Crippen MR) is 118 cm³/mol. The summed E-state index contributed by atoms with van der Waals surface area (Å²) in [6.45, 7) is 1.08. The van der Waals surface area contributed by atoms with Crippen LogP contribution in [0.25, 0.3) is 11.1 Å². The highest BCUT2D eigenvalue weighted by molar-refractivity contribution is 5.94. The van der Waals surface area contributed by atoms with Crippen LogP contribution >= 0.6 is 0 Å². The van der Waals surface area contributed by atoms with Gasteiger partial charge in [0.1, 0.15) is 5.75 Å². The smallest absolute Gasteiger partial charge is 0.321 e. The zero-order valence-corrected chi connectivity index (χ0v) is 17.4. The molecule has 1 aliphatic rings. The number of aromatic nitrogens is 5. The highest BCUT2D eigenvalue weighted by Gasteiger charge is 2.29. The predicted octanol–water partition coefficient (Wildman–Crippen LogP) is 3.83. The van der Waals surface area contributed by atoms with Gasteiger partial charge in [0.2, 0.25) is 0 Å². The van der Waals surface area contributed by atoms with Crippen molar-refractivity contribution in [1.82, 2.24) is 30.0 Å². The maximum Gasteiger partial charge on any atom is 0.321 e. The number of hydrogen-bond acceptors (Lipinski definition) is 6. The average Bonchev–Trinajstić information content (AvgIpc) is 3.60. The molecule has 8 nitrogen and oxygen atoms in total. The van der Waals surface area contributed by atoms with E-state index in [0.29, 0.717) is 30.3 Å². The van der Waals surface area contributed by atoms with Gasteiger partial charge in [-0.25, -0.2) is 9.97 Å². The number of nitrogens with one attached hydrogen (secondary N) is 1. The number of rotatable bonds is 8. The van der Waals surface area contributed by atoms with Crippen LogP contribution in [0.3, 0.4) is 0 Å². The van der Waals surface area contributed by atoms with Gasteiger partial charge in [-0.05, 0) is 60.9 Å². The van der Waals surface area contributed by atoms with Crippen molar-refractivity contribution < 1.29 is 9.53 Å². The Hall–Kier alpha value is -4.07. The molecule has 5 rings (SSSR count). The highest BCUT2D eigenvalue weighted by atomic mass is 16.5. The van der Waals surface area contributed by atoms with Gasteiger partial charge in [-0.1, -0.05) is 0 Å². The maximum atomic E-state index is 12.5. The lowest BCUT2D eigenvalue weighted by atomic mass is 10.1. The van der Waals surface area contributed by atoms with E-state index in [0.717, 1.165) is 16.8 Å². The number of pyridine rings is 1. The summed E-state index contributed by atoms with van der Waals surface area (Å²) in [4.78, 5) is 24.6. The van der Waals surface area contributed by atoms with Gasteiger partial charge in [0.05, 0.1) is 12.2 Å². The molecule has 3 aromatic heterocycles. The Bertz CT molecular complexity index is 1190. The second kappa shape index (κ2) is 8.97. The topological polar surface area (TPSA) is 94.8 Å². The molecule has 0 saturated heterocycles. The standard InChI is InChI=1S/C24H22N6O2/c31-23(19-4-6-20(7-5-19)32-24-27-10-1-11-28-24)26-14-15-30-16-21(17-8-12-25-13-9-17)22(29-30)18-2-3-18/h1,4-13,16,18H,2-3,14-15H2,(H,26,31). The van der Waals surface area contributed by atoms with Crippen molar-refractivity contribution >= 4 is 5.91 Å². The first-order valence-corrected chi connectivity index (χ1v) is 10.6. The Labute approximate surface area is 185 Å². The third-order valence-corrected chi connectivity index (χ3v) is 5.24. The fourth-order valence-corrected chi connectivity index (χ4v) is 3.47. The number of ether oxygens (including phenoxy) is 1. The molecule has 1 saturated carbocycles. The lowest BCUT2D eigenvalue weighted by Crippen LogP contribution is -2.27. The largest absolute Gasteiger partial charge is 0.424 e. The van der Waals surface area contributed by atoms with Gasteiger partial charge < -0.3 is 10.1 Å². The minimum atomic E-state index is -0.142. The third-order valence-electron chi connectivity index (χ3n) is 5.24. The average molecular weight is 426 g/mol. The number of hydrogen-bond donors (Lipinski definition) is 1. The summed E-state index contributed by atoms with van der Waals surface area (Å²) in [5.41, 5.74) is 3.98. The molecule has 1 aliphatic carbocycles. The van der Waals surface area contributed by atoms with Crippen molar-refractivity contribution in [1.29, 1.82) is 0 Å². The van der Waals surface area contributed by atoms with Crippen LogP contribution in [0.4, 0.5) is 0 Å². The van der Waals surface area contributed by atoms with Gasteiger partial charge in [-0.3, -0.25) is 14.5 Å². The second-order valence-corrected chi connectivity index (χ2v) is 7.61. The van der Waals surface area contributed by atoms with Gasteiger partial charge in [0.15, 0.2) is 0 Å². The van der Waals surface area contributed by atoms with Gasteiger partial charge in [0.25, 0.3) is 5.91 Å². The molecule has 0 unspecified atom stereocenters. The molecule has 160 valence electrons. The Morgan fingerprint density at radius 2 is 1.78 bits per heavy atom. The van der Waals surface area contributed by atoms with Crippen molar-refractivity contribution in [3.63, 3.8) is 0 Å². The first kappa shape index (κ1) is 19.9. The minimum Gasteiger partial charge on any atom is -0.424 e. The molecule has 0 bridgehead atoms. The molecule has 32 heavy (non-hydrogen) atoms. The molecule has 0 spiro atoms. The summed E-state index contributed by atoms with van der Waals surface area (Å²) >= 11 is 0. The molecule has 4 aromatic rings. The van der Waals surface area contributed by atoms with Crippen LogP contribution < -0.4 is 10.1 Å². The van der Waals surface area contributed by atoms with E-state index in [-0.39, 0.29) is 11.9 Å². The van der Waals surface area contributed by atoms with Gasteiger partial charge in [0, 0.05) is 54.6 Å². The lowest BCUT2D eigenvalue weighted by Gasteiger charge is -2.07. The van der Waals surface area contributed by atoms with Crippen LogP contribution in [0.2, 0.25) is 0 Å². The van der Waals surface area contributed by atoms with Crippen molar-refractivity contribution in [2.75, 3.05) is 6.54 Å². The number of amides is 1. The SMILES string of the molecule is O=C(NCCn1cc(-c2ccncc2)c(C2CC2)n1)c1ccc(Oc2ncccn2)cc1. The first-order chi connectivity index (χ1) is 15.8. The number of carbonyl (C=O) groups is 1. The van der Waals surface area contributed by atoms with E-state index in [2.05, 4.69) is 26.5 Å². The van der Waals surface area contributed by atoms with Crippen molar-refractivity contribution in [2.45, 2.75) is 25.3 Å². The highest BCUT2D eigenvalue weighted by Crippen LogP contribution is 2.43. The van der Waals surface area contributed by atoms with E-state index < -0.39 is 0 Å². The van der Waals surface area contributed by atoms with Crippen LogP contribution in [0.1, 0.15) is 34.8 Å². The zero-order chi connectivity index (χ0) is 21.8. The summed E-state index contributed by atoms with van der Waals surface area (Å²) in [5, 5.41) is 7.74. The molecule has 1 aromatic carbocycles. The zero-order valence-electron chi connectivity index (χ0n) is 17.4. The van der Waals surface area contributed by atoms with Crippen molar-refractivity contribution in [3.8, 4) is 22.9 Å². The van der Waals surface area contributed by atoms with Crippen LogP contribution in [-0.4, -0.2) is 37.2 Å². The van der Waals surface area contributed by atoms with Gasteiger partial charge in [-0.15, -0.1) is 0 Å². The van der Waals surface area contributed by atoms with Crippen molar-refractivity contribution in [3.05, 3.63) is 84.7 Å². The molecule has 8 heteroatoms. The fraction of sp³-hybridized carbons (Fsp3) is 0.208. The summed E-state index contributed by atoms with van der Waals surface area (Å²) in [6.07, 6.45) is 11.2. The summed E-state index contributed by atoms with van der Waals surface area (Å²) in [6, 6.07) is 12.9. The summed E-state index contributed by atoms with van der Waals surface area (Å²) in [5.74, 6) is 0.966. The first-order valence-electron chi connectivity index (χ1n) is 10.6. The molecule has 0 radical (unpaired) electrons. The monoisotopic (exact) mass is 426 g/mol. The molecule has 3 heterocycles. The van der Waals surface area contributed by atoms with E-state index in [9.17, 15) is 4.79 Å². The van der Waals surface area contributed by atoms with Crippen LogP contribution in [0, 0.1) is 0 Å². The number of nitrogens with zero attached hydrogens (tertiary/aromatic N) is 5. The van der Waals surface area contributed by atoms with E-state index in [1.807, 2.05) is 16.8 Å². The van der Waals surface area contributed by atoms with Crippen LogP contribution in [-0.2, 0) is 6.54 Å². The van der Waals surface area contributed by atoms with Crippen LogP contribution in [0.15, 0.2) is 73.4 Å². The molecular weight excluding hydrogens is 404 g/mol. The van der Waals surface area contributed by atoms with E-state index in [4.69, 9.17) is 9.84 Å². The normalized spacial score (nSPS) is 13.0. The number of benzene rings is 1. The van der Waals surface area contributed by atoms with Gasteiger partial charge in [-0.2, -0.15) is 5.10 Å². The minimum absolute atomic E-state index is 0.142. The molecule has 1 fully saturated rings. The molecule has 0 aliphatic heterocycles. The Morgan fingerprint density at radius 1 is 1.03 bits per heavy atom. The Balaban J connectivity index is 1.18. The summed E-state index contributed by atoms with van der Waals surface area (Å²) in [7, 11) is 0. The second-order valence-electron chi connectivity index (χ2n) is 7.61. The molecule has 1 N–H and O–H groups in total. The van der Waals surface area contributed by atoms with E-state index >= 15 is 0 Å². The fourth-order valence-electron chi connectivity index (χ4n) is 3.47. The maximum absolute atomic E-state index is 12.5. The molecule has 1 amide bonds. The van der Waals surface area contributed by atoms with Crippen LogP contribution in [0.5, 0.6) is 11.8 Å². The van der Waals surface area contributed by atoms with E-state index in [1.54, 1.807) is 55.1 Å². The lowest BCUT2D eigenvalue weighted by molar-refractivity contribution is 0.0952. The molecular formula is C24H22N6O2. The Kier molecular flexibility index (Phi) is 5.57. The molecule has 0 atom stereocenters. The van der Waals surface area contributed by atoms with E-state index in [1.165, 1.54) is 12.8 Å². The summed E-state index contributed by atoms with van der Waals surface area (Å²) < 4.78 is 7.47. The third kappa shape index (κ3) is 4.64. The number of carbonyl (C=O) groups excluding carboxylic acids is 1. The van der Waals surface area contributed by atoms with Gasteiger partial charge >= 0.3 is 6.01 Å². The Morgan fingerprint density at radius 3 is 2.50 bits per heavy atom.